The van der Waals surface area contributed by atoms with Crippen LogP contribution in [0.3, 0.4) is 0 Å². The maximum Gasteiger partial charge on any atom is 0.128 e. The van der Waals surface area contributed by atoms with Gasteiger partial charge in [-0.05, 0) is 25.3 Å². The van der Waals surface area contributed by atoms with Crippen LogP contribution >= 0.6 is 11.6 Å². The Bertz CT molecular complexity index is 353. The van der Waals surface area contributed by atoms with Gasteiger partial charge in [0.15, 0.2) is 0 Å². The Morgan fingerprint density at radius 1 is 1.62 bits per heavy atom. The van der Waals surface area contributed by atoms with Crippen LogP contribution in [0.4, 0.5) is 0 Å². The van der Waals surface area contributed by atoms with E-state index in [1.54, 1.807) is 6.20 Å². The van der Waals surface area contributed by atoms with Gasteiger partial charge in [-0.3, -0.25) is 4.90 Å². The van der Waals surface area contributed by atoms with Crippen molar-refractivity contribution in [3.8, 4) is 0 Å². The van der Waals surface area contributed by atoms with Crippen LogP contribution in [0, 0.1) is 5.92 Å². The first-order valence-electron chi connectivity index (χ1n) is 5.70. The van der Waals surface area contributed by atoms with Crippen LogP contribution in [-0.2, 0) is 13.6 Å². The van der Waals surface area contributed by atoms with Crippen molar-refractivity contribution < 1.29 is 5.11 Å². The van der Waals surface area contributed by atoms with Gasteiger partial charge >= 0.3 is 0 Å². The minimum atomic E-state index is 0.298. The summed E-state index contributed by atoms with van der Waals surface area (Å²) in [6.45, 7) is 3.30. The minimum Gasteiger partial charge on any atom is -0.396 e. The molecule has 1 aromatic rings. The third-order valence-electron chi connectivity index (χ3n) is 3.30. The fourth-order valence-corrected chi connectivity index (χ4v) is 2.39. The van der Waals surface area contributed by atoms with Gasteiger partial charge in [-0.2, -0.15) is 0 Å². The van der Waals surface area contributed by atoms with Gasteiger partial charge in [0.2, 0.25) is 0 Å². The highest BCUT2D eigenvalue weighted by atomic mass is 35.5. The molecule has 0 aromatic carbocycles. The zero-order valence-corrected chi connectivity index (χ0v) is 10.3. The number of nitrogens with zero attached hydrogens (tertiary/aromatic N) is 3. The standard InChI is InChI=1S/C11H18ClN3O/c1-14-10(12)6-13-11(14)8-15-4-2-9(7-15)3-5-16/h6,9,16H,2-5,7-8H2,1H3. The number of hydrogen-bond acceptors (Lipinski definition) is 3. The summed E-state index contributed by atoms with van der Waals surface area (Å²) >= 11 is 5.94. The van der Waals surface area contributed by atoms with Crippen LogP contribution in [0.2, 0.25) is 5.15 Å². The van der Waals surface area contributed by atoms with E-state index in [1.165, 1.54) is 6.42 Å². The monoisotopic (exact) mass is 243 g/mol. The lowest BCUT2D eigenvalue weighted by molar-refractivity contribution is 0.247. The Hall–Kier alpha value is -0.580. The summed E-state index contributed by atoms with van der Waals surface area (Å²) in [7, 11) is 1.94. The normalized spacial score (nSPS) is 21.8. The van der Waals surface area contributed by atoms with Crippen LogP contribution in [0.25, 0.3) is 0 Å². The number of aliphatic hydroxyl groups excluding tert-OH is 1. The van der Waals surface area contributed by atoms with Gasteiger partial charge < -0.3 is 9.67 Å². The Kier molecular flexibility index (Phi) is 3.84. The maximum absolute atomic E-state index is 8.90. The summed E-state index contributed by atoms with van der Waals surface area (Å²) in [5.41, 5.74) is 0. The van der Waals surface area contributed by atoms with E-state index in [2.05, 4.69) is 9.88 Å². The molecule has 1 saturated heterocycles. The predicted octanol–water partition coefficient (Wildman–Crippen LogP) is 1.28. The molecule has 1 fully saturated rings. The smallest absolute Gasteiger partial charge is 0.128 e. The van der Waals surface area contributed by atoms with Crippen molar-refractivity contribution in [2.75, 3.05) is 19.7 Å². The molecule has 4 nitrogen and oxygen atoms in total. The summed E-state index contributed by atoms with van der Waals surface area (Å²) in [6.07, 6.45) is 3.79. The van der Waals surface area contributed by atoms with Gasteiger partial charge in [0, 0.05) is 20.2 Å². The Morgan fingerprint density at radius 3 is 3.06 bits per heavy atom. The fourth-order valence-electron chi connectivity index (χ4n) is 2.25. The van der Waals surface area contributed by atoms with Crippen molar-refractivity contribution >= 4 is 11.6 Å². The van der Waals surface area contributed by atoms with Crippen LogP contribution in [0.5, 0.6) is 0 Å². The van der Waals surface area contributed by atoms with E-state index in [0.29, 0.717) is 17.7 Å². The molecular formula is C11H18ClN3O. The zero-order valence-electron chi connectivity index (χ0n) is 9.56. The molecule has 0 aliphatic carbocycles. The van der Waals surface area contributed by atoms with Crippen molar-refractivity contribution in [1.29, 1.82) is 0 Å². The number of aromatic nitrogens is 2. The second-order valence-electron chi connectivity index (χ2n) is 4.46. The summed E-state index contributed by atoms with van der Waals surface area (Å²) in [6, 6.07) is 0. The molecule has 1 N–H and O–H groups in total. The van der Waals surface area contributed by atoms with E-state index in [4.69, 9.17) is 16.7 Å². The molecule has 0 bridgehead atoms. The quantitative estimate of drug-likeness (QED) is 0.866. The van der Waals surface area contributed by atoms with Crippen molar-refractivity contribution in [2.45, 2.75) is 19.4 Å². The molecule has 2 rings (SSSR count). The topological polar surface area (TPSA) is 41.3 Å². The van der Waals surface area contributed by atoms with Crippen molar-refractivity contribution in [2.24, 2.45) is 13.0 Å². The van der Waals surface area contributed by atoms with E-state index >= 15 is 0 Å². The van der Waals surface area contributed by atoms with E-state index in [1.807, 2.05) is 11.6 Å². The highest BCUT2D eigenvalue weighted by Gasteiger charge is 2.22. The molecule has 1 aliphatic rings. The third kappa shape index (κ3) is 2.56. The summed E-state index contributed by atoms with van der Waals surface area (Å²) < 4.78 is 1.92. The van der Waals surface area contributed by atoms with Gasteiger partial charge in [-0.25, -0.2) is 4.98 Å². The van der Waals surface area contributed by atoms with Gasteiger partial charge in [-0.15, -0.1) is 0 Å². The number of rotatable bonds is 4. The third-order valence-corrected chi connectivity index (χ3v) is 3.65. The highest BCUT2D eigenvalue weighted by molar-refractivity contribution is 6.29. The fraction of sp³-hybridized carbons (Fsp3) is 0.727. The molecule has 1 unspecified atom stereocenters. The number of aliphatic hydroxyl groups is 1. The molecule has 2 heterocycles. The molecule has 1 aliphatic heterocycles. The van der Waals surface area contributed by atoms with Crippen LogP contribution in [0.15, 0.2) is 6.20 Å². The number of imidazole rings is 1. The van der Waals surface area contributed by atoms with Crippen molar-refractivity contribution in [1.82, 2.24) is 14.5 Å². The predicted molar refractivity (Wildman–Crippen MR) is 63.3 cm³/mol. The van der Waals surface area contributed by atoms with E-state index < -0.39 is 0 Å². The summed E-state index contributed by atoms with van der Waals surface area (Å²) in [5.74, 6) is 1.65. The zero-order chi connectivity index (χ0) is 11.5. The average molecular weight is 244 g/mol. The molecular weight excluding hydrogens is 226 g/mol. The first-order valence-corrected chi connectivity index (χ1v) is 6.08. The minimum absolute atomic E-state index is 0.298. The first kappa shape index (κ1) is 11.9. The molecule has 0 saturated carbocycles. The molecule has 0 spiro atoms. The Morgan fingerprint density at radius 2 is 2.44 bits per heavy atom. The number of likely N-dealkylation sites (tertiary alicyclic amines) is 1. The molecule has 0 amide bonds. The van der Waals surface area contributed by atoms with Crippen LogP contribution in [0.1, 0.15) is 18.7 Å². The second kappa shape index (κ2) is 5.17. The van der Waals surface area contributed by atoms with Crippen molar-refractivity contribution in [3.05, 3.63) is 17.2 Å². The largest absolute Gasteiger partial charge is 0.396 e. The molecule has 1 atom stereocenters. The van der Waals surface area contributed by atoms with E-state index in [-0.39, 0.29) is 0 Å². The number of hydrogen-bond donors (Lipinski definition) is 1. The van der Waals surface area contributed by atoms with Crippen molar-refractivity contribution in [3.63, 3.8) is 0 Å². The summed E-state index contributed by atoms with van der Waals surface area (Å²) in [5, 5.41) is 9.58. The van der Waals surface area contributed by atoms with Gasteiger partial charge in [0.25, 0.3) is 0 Å². The first-order chi connectivity index (χ1) is 7.70. The molecule has 1 aromatic heterocycles. The average Bonchev–Trinajstić information content (AvgIpc) is 2.82. The maximum atomic E-state index is 8.90. The van der Waals surface area contributed by atoms with Crippen LogP contribution in [-0.4, -0.2) is 39.3 Å². The van der Waals surface area contributed by atoms with E-state index in [9.17, 15) is 0 Å². The van der Waals surface area contributed by atoms with Gasteiger partial charge in [0.05, 0.1) is 12.7 Å². The summed E-state index contributed by atoms with van der Waals surface area (Å²) in [4.78, 5) is 6.66. The molecule has 0 radical (unpaired) electrons. The molecule has 16 heavy (non-hydrogen) atoms. The van der Waals surface area contributed by atoms with Gasteiger partial charge in [0.1, 0.15) is 11.0 Å². The lowest BCUT2D eigenvalue weighted by Gasteiger charge is -2.15. The lowest BCUT2D eigenvalue weighted by atomic mass is 10.1. The number of halogens is 1. The van der Waals surface area contributed by atoms with Gasteiger partial charge in [-0.1, -0.05) is 11.6 Å². The SMILES string of the molecule is Cn1c(Cl)cnc1CN1CCC(CCO)C1. The molecule has 90 valence electrons. The van der Waals surface area contributed by atoms with Crippen LogP contribution < -0.4 is 0 Å². The Labute approximate surface area is 101 Å². The lowest BCUT2D eigenvalue weighted by Crippen LogP contribution is -2.22. The van der Waals surface area contributed by atoms with E-state index in [0.717, 1.165) is 31.9 Å². The Balaban J connectivity index is 1.89. The highest BCUT2D eigenvalue weighted by Crippen LogP contribution is 2.21. The second-order valence-corrected chi connectivity index (χ2v) is 4.85. The molecule has 5 heteroatoms.